The van der Waals surface area contributed by atoms with Gasteiger partial charge in [0.15, 0.2) is 5.75 Å². The van der Waals surface area contributed by atoms with Gasteiger partial charge in [-0.2, -0.15) is 4.98 Å². The average Bonchev–Trinajstić information content (AvgIpc) is 2.05. The maximum Gasteiger partial charge on any atom is 0.259 e. The zero-order chi connectivity index (χ0) is 9.14. The molecule has 0 saturated carbocycles. The van der Waals surface area contributed by atoms with Crippen molar-refractivity contribution in [1.29, 1.82) is 0 Å². The molecular formula is C7H8BrNO3. The zero-order valence-electron chi connectivity index (χ0n) is 6.67. The molecule has 0 fully saturated rings. The topological polar surface area (TPSA) is 51.6 Å². The summed E-state index contributed by atoms with van der Waals surface area (Å²) in [6, 6.07) is 1.46. The molecule has 12 heavy (non-hydrogen) atoms. The van der Waals surface area contributed by atoms with Gasteiger partial charge in [0.1, 0.15) is 0 Å². The molecule has 0 radical (unpaired) electrons. The van der Waals surface area contributed by atoms with Gasteiger partial charge in [0.05, 0.1) is 18.7 Å². The fourth-order valence-corrected chi connectivity index (χ4v) is 1.21. The van der Waals surface area contributed by atoms with Crippen LogP contribution in [0.3, 0.4) is 0 Å². The number of ether oxygens (including phenoxy) is 2. The maximum absolute atomic E-state index is 9.24. The van der Waals surface area contributed by atoms with Gasteiger partial charge in [0.2, 0.25) is 5.88 Å². The lowest BCUT2D eigenvalue weighted by Gasteiger charge is -2.05. The first-order valence-electron chi connectivity index (χ1n) is 3.16. The first-order chi connectivity index (χ1) is 5.69. The molecule has 0 aromatic carbocycles. The van der Waals surface area contributed by atoms with Crippen molar-refractivity contribution in [2.45, 2.75) is 0 Å². The van der Waals surface area contributed by atoms with E-state index < -0.39 is 0 Å². The summed E-state index contributed by atoms with van der Waals surface area (Å²) in [4.78, 5) is 3.87. The normalized spacial score (nSPS) is 9.58. The maximum atomic E-state index is 9.24. The molecule has 0 unspecified atom stereocenters. The minimum Gasteiger partial charge on any atom is -0.503 e. The summed E-state index contributed by atoms with van der Waals surface area (Å²) in [7, 11) is 2.92. The van der Waals surface area contributed by atoms with Crippen molar-refractivity contribution in [3.63, 3.8) is 0 Å². The standard InChI is InChI=1S/C7H8BrNO3/c1-11-6-4(8)3-5(10)7(9-6)12-2/h3,10H,1-2H3. The highest BCUT2D eigenvalue weighted by Crippen LogP contribution is 2.32. The van der Waals surface area contributed by atoms with E-state index >= 15 is 0 Å². The Kier molecular flexibility index (Phi) is 2.75. The number of pyridine rings is 1. The second kappa shape index (κ2) is 3.62. The molecule has 1 N–H and O–H groups in total. The number of rotatable bonds is 2. The summed E-state index contributed by atoms with van der Waals surface area (Å²) in [5.74, 6) is 0.505. The van der Waals surface area contributed by atoms with Crippen LogP contribution in [0.4, 0.5) is 0 Å². The van der Waals surface area contributed by atoms with E-state index in [1.54, 1.807) is 0 Å². The number of nitrogens with zero attached hydrogens (tertiary/aromatic N) is 1. The molecule has 1 heterocycles. The minimum atomic E-state index is -0.0230. The number of aromatic hydroxyl groups is 1. The number of hydrogen-bond donors (Lipinski definition) is 1. The van der Waals surface area contributed by atoms with Gasteiger partial charge in [-0.05, 0) is 15.9 Å². The lowest BCUT2D eigenvalue weighted by molar-refractivity contribution is 0.338. The lowest BCUT2D eigenvalue weighted by Crippen LogP contribution is -1.93. The van der Waals surface area contributed by atoms with Gasteiger partial charge < -0.3 is 14.6 Å². The second-order valence-corrected chi connectivity index (χ2v) is 2.86. The molecule has 0 amide bonds. The van der Waals surface area contributed by atoms with Crippen LogP contribution < -0.4 is 9.47 Å². The molecule has 0 aliphatic rings. The molecule has 5 heteroatoms. The Labute approximate surface area is 78.3 Å². The first kappa shape index (κ1) is 9.12. The molecule has 1 aromatic heterocycles. The fourth-order valence-electron chi connectivity index (χ4n) is 0.740. The molecule has 0 saturated heterocycles. The third kappa shape index (κ3) is 1.61. The van der Waals surface area contributed by atoms with Crippen molar-refractivity contribution in [2.75, 3.05) is 14.2 Å². The van der Waals surface area contributed by atoms with Gasteiger partial charge in [0, 0.05) is 6.07 Å². The molecule has 0 bridgehead atoms. The van der Waals surface area contributed by atoms with E-state index in [1.807, 2.05) is 0 Å². The van der Waals surface area contributed by atoms with E-state index in [0.29, 0.717) is 10.4 Å². The Hall–Kier alpha value is -0.970. The van der Waals surface area contributed by atoms with Crippen LogP contribution in [0.15, 0.2) is 10.5 Å². The first-order valence-corrected chi connectivity index (χ1v) is 3.95. The molecule has 0 aliphatic heterocycles. The van der Waals surface area contributed by atoms with Crippen LogP contribution in [0.2, 0.25) is 0 Å². The van der Waals surface area contributed by atoms with Crippen molar-refractivity contribution in [1.82, 2.24) is 4.98 Å². The molecule has 0 spiro atoms. The Bertz CT molecular complexity index is 265. The molecular weight excluding hydrogens is 226 g/mol. The zero-order valence-corrected chi connectivity index (χ0v) is 8.25. The Morgan fingerprint density at radius 1 is 1.33 bits per heavy atom. The highest BCUT2D eigenvalue weighted by molar-refractivity contribution is 9.10. The summed E-state index contributed by atoms with van der Waals surface area (Å²) < 4.78 is 10.3. The molecule has 0 aliphatic carbocycles. The number of halogens is 1. The van der Waals surface area contributed by atoms with Gasteiger partial charge in [-0.15, -0.1) is 0 Å². The van der Waals surface area contributed by atoms with Crippen LogP contribution in [-0.2, 0) is 0 Å². The largest absolute Gasteiger partial charge is 0.503 e. The van der Waals surface area contributed by atoms with Crippen LogP contribution in [0.5, 0.6) is 17.5 Å². The summed E-state index contributed by atoms with van der Waals surface area (Å²) in [6.45, 7) is 0. The third-order valence-electron chi connectivity index (χ3n) is 1.28. The monoisotopic (exact) mass is 233 g/mol. The highest BCUT2D eigenvalue weighted by Gasteiger charge is 2.09. The smallest absolute Gasteiger partial charge is 0.259 e. The molecule has 1 rings (SSSR count). The predicted octanol–water partition coefficient (Wildman–Crippen LogP) is 1.57. The Morgan fingerprint density at radius 2 is 1.92 bits per heavy atom. The number of hydrogen-bond acceptors (Lipinski definition) is 4. The number of methoxy groups -OCH3 is 2. The quantitative estimate of drug-likeness (QED) is 0.843. The minimum absolute atomic E-state index is 0.0230. The Balaban J connectivity index is 3.18. The van der Waals surface area contributed by atoms with E-state index in [-0.39, 0.29) is 11.6 Å². The summed E-state index contributed by atoms with van der Waals surface area (Å²) >= 11 is 3.17. The molecule has 0 atom stereocenters. The average molecular weight is 234 g/mol. The van der Waals surface area contributed by atoms with Crippen LogP contribution in [-0.4, -0.2) is 24.3 Å². The van der Waals surface area contributed by atoms with Gasteiger partial charge >= 0.3 is 0 Å². The summed E-state index contributed by atoms with van der Waals surface area (Å²) in [5.41, 5.74) is 0. The summed E-state index contributed by atoms with van der Waals surface area (Å²) in [5, 5.41) is 9.24. The van der Waals surface area contributed by atoms with Crippen molar-refractivity contribution in [3.8, 4) is 17.5 Å². The van der Waals surface area contributed by atoms with Crippen molar-refractivity contribution in [3.05, 3.63) is 10.5 Å². The van der Waals surface area contributed by atoms with Crippen molar-refractivity contribution < 1.29 is 14.6 Å². The molecule has 4 nitrogen and oxygen atoms in total. The van der Waals surface area contributed by atoms with Crippen molar-refractivity contribution in [2.24, 2.45) is 0 Å². The highest BCUT2D eigenvalue weighted by atomic mass is 79.9. The fraction of sp³-hybridized carbons (Fsp3) is 0.286. The van der Waals surface area contributed by atoms with E-state index in [2.05, 4.69) is 20.9 Å². The molecule has 1 aromatic rings. The van der Waals surface area contributed by atoms with Gasteiger partial charge in [-0.1, -0.05) is 0 Å². The van der Waals surface area contributed by atoms with E-state index in [4.69, 9.17) is 9.47 Å². The molecule has 66 valence electrons. The van der Waals surface area contributed by atoms with Crippen molar-refractivity contribution >= 4 is 15.9 Å². The Morgan fingerprint density at radius 3 is 2.42 bits per heavy atom. The van der Waals surface area contributed by atoms with Crippen LogP contribution in [0.25, 0.3) is 0 Å². The van der Waals surface area contributed by atoms with E-state index in [1.165, 1.54) is 20.3 Å². The number of aromatic nitrogens is 1. The van der Waals surface area contributed by atoms with Gasteiger partial charge in [0.25, 0.3) is 5.88 Å². The van der Waals surface area contributed by atoms with Crippen LogP contribution in [0.1, 0.15) is 0 Å². The van der Waals surface area contributed by atoms with Crippen LogP contribution >= 0.6 is 15.9 Å². The SMILES string of the molecule is COc1nc(OC)c(Br)cc1O. The summed E-state index contributed by atoms with van der Waals surface area (Å²) in [6.07, 6.45) is 0. The van der Waals surface area contributed by atoms with Gasteiger partial charge in [-0.3, -0.25) is 0 Å². The van der Waals surface area contributed by atoms with E-state index in [9.17, 15) is 5.11 Å². The third-order valence-corrected chi connectivity index (χ3v) is 1.84. The second-order valence-electron chi connectivity index (χ2n) is 2.01. The van der Waals surface area contributed by atoms with E-state index in [0.717, 1.165) is 0 Å². The predicted molar refractivity (Wildman–Crippen MR) is 46.7 cm³/mol. The van der Waals surface area contributed by atoms with Gasteiger partial charge in [-0.25, -0.2) is 0 Å². The lowest BCUT2D eigenvalue weighted by atomic mass is 10.4. The van der Waals surface area contributed by atoms with Crippen LogP contribution in [0, 0.1) is 0 Å².